The van der Waals surface area contributed by atoms with E-state index in [1.807, 2.05) is 0 Å². The maximum atomic E-state index is 12.4. The first-order valence-electron chi connectivity index (χ1n) is 4.63. The number of benzene rings is 1. The lowest BCUT2D eigenvalue weighted by Crippen LogP contribution is -2.20. The van der Waals surface area contributed by atoms with Crippen LogP contribution in [-0.4, -0.2) is 19.6 Å². The zero-order valence-corrected chi connectivity index (χ0v) is 9.88. The predicted octanol–water partition coefficient (Wildman–Crippen LogP) is 2.43. The van der Waals surface area contributed by atoms with E-state index in [-0.39, 0.29) is 10.6 Å². The first kappa shape index (κ1) is 14.4. The highest BCUT2D eigenvalue weighted by Gasteiger charge is 2.46. The molecule has 18 heavy (non-hydrogen) atoms. The number of hydrogen-bond donors (Lipinski definition) is 0. The van der Waals surface area contributed by atoms with Crippen molar-refractivity contribution in [2.75, 3.05) is 7.11 Å². The van der Waals surface area contributed by atoms with Crippen molar-refractivity contribution >= 4 is 17.9 Å². The van der Waals surface area contributed by atoms with E-state index in [0.29, 0.717) is 0 Å². The lowest BCUT2D eigenvalue weighted by molar-refractivity contribution is -0.389. The Kier molecular flexibility index (Phi) is 4.61. The van der Waals surface area contributed by atoms with Crippen LogP contribution in [0, 0.1) is 0 Å². The van der Waals surface area contributed by atoms with Crippen LogP contribution in [0.2, 0.25) is 5.02 Å². The van der Waals surface area contributed by atoms with Crippen molar-refractivity contribution in [3.8, 4) is 0 Å². The molecule has 0 aliphatic carbocycles. The van der Waals surface area contributed by atoms with E-state index in [9.17, 15) is 18.3 Å². The lowest BCUT2D eigenvalue weighted by Gasteiger charge is -2.07. The molecule has 0 fully saturated rings. The number of methoxy groups -OCH3 is 1. The number of alkyl halides is 3. The van der Waals surface area contributed by atoms with Crippen LogP contribution >= 0.6 is 11.6 Å². The molecule has 0 unspecified atom stereocenters. The summed E-state index contributed by atoms with van der Waals surface area (Å²) < 4.78 is 45.7. The second-order valence-corrected chi connectivity index (χ2v) is 3.48. The Hall–Kier alpha value is -1.69. The van der Waals surface area contributed by atoms with Crippen molar-refractivity contribution in [1.29, 1.82) is 0 Å². The summed E-state index contributed by atoms with van der Waals surface area (Å²) in [6.07, 6.45) is -4.20. The fourth-order valence-corrected chi connectivity index (χ4v) is 1.20. The van der Waals surface area contributed by atoms with E-state index < -0.39 is 17.9 Å². The summed E-state index contributed by atoms with van der Waals surface area (Å²) in [5.41, 5.74) is 0.213. The van der Waals surface area contributed by atoms with Crippen molar-refractivity contribution in [2.45, 2.75) is 6.18 Å². The fraction of sp³-hybridized carbons (Fsp3) is 0.182. The summed E-state index contributed by atoms with van der Waals surface area (Å²) in [5, 5.41) is 11.1. The molecule has 0 spiro atoms. The Bertz CT molecular complexity index is 481. The minimum Gasteiger partial charge on any atom is -0.610 e. The monoisotopic (exact) mass is 280 g/mol. The summed E-state index contributed by atoms with van der Waals surface area (Å²) >= 11 is 5.72. The molecule has 0 aromatic heterocycles. The van der Waals surface area contributed by atoms with Gasteiger partial charge in [0.2, 0.25) is 0 Å². The smallest absolute Gasteiger partial charge is 0.512 e. The van der Waals surface area contributed by atoms with Gasteiger partial charge in [-0.2, -0.15) is 13.2 Å². The number of carbonyl (C=O) groups excluding carboxylic acids is 1. The van der Waals surface area contributed by atoms with Crippen LogP contribution in [0.15, 0.2) is 36.0 Å². The molecule has 7 heteroatoms. The summed E-state index contributed by atoms with van der Waals surface area (Å²) in [4.78, 5) is 0. The van der Waals surface area contributed by atoms with Crippen LogP contribution in [0.3, 0.4) is 0 Å². The molecule has 0 atom stereocenters. The topological polar surface area (TPSA) is 43.6 Å². The molecule has 1 rings (SSSR count). The molecular weight excluding hydrogens is 273 g/mol. The first-order chi connectivity index (χ1) is 8.36. The summed E-state index contributed by atoms with van der Waals surface area (Å²) in [6.45, 7) is 0. The number of aldehydes is 1. The van der Waals surface area contributed by atoms with Gasteiger partial charge >= 0.3 is 18.2 Å². The van der Waals surface area contributed by atoms with E-state index in [1.165, 1.54) is 12.1 Å². The summed E-state index contributed by atoms with van der Waals surface area (Å²) in [7, 11) is 0.826. The molecule has 1 aromatic carbocycles. The number of halogens is 4. The van der Waals surface area contributed by atoms with Crippen molar-refractivity contribution in [3.63, 3.8) is 0 Å². The Labute approximate surface area is 106 Å². The van der Waals surface area contributed by atoms with Gasteiger partial charge in [-0.3, -0.25) is 0 Å². The molecule has 0 saturated heterocycles. The Morgan fingerprint density at radius 3 is 2.50 bits per heavy atom. The number of ether oxygens (including phenoxy) is 1. The van der Waals surface area contributed by atoms with Crippen LogP contribution < -0.4 is 5.11 Å². The number of hydrogen-bond acceptors (Lipinski definition) is 2. The maximum Gasteiger partial charge on any atom is 0.512 e. The van der Waals surface area contributed by atoms with E-state index in [2.05, 4.69) is 9.16 Å². The zero-order valence-electron chi connectivity index (χ0n) is 9.12. The first-order valence-corrected chi connectivity index (χ1v) is 5.01. The summed E-state index contributed by atoms with van der Waals surface area (Å²) in [5.74, 6) is -3.37. The molecule has 0 heterocycles. The van der Waals surface area contributed by atoms with E-state index in [1.54, 1.807) is 12.1 Å². The Morgan fingerprint density at radius 1 is 1.39 bits per heavy atom. The number of rotatable bonds is 3. The maximum absolute atomic E-state index is 12.4. The van der Waals surface area contributed by atoms with Crippen LogP contribution in [-0.2, 0) is 4.74 Å². The Morgan fingerprint density at radius 2 is 2.00 bits per heavy atom. The third-order valence-corrected chi connectivity index (χ3v) is 2.18. The van der Waals surface area contributed by atoms with Crippen molar-refractivity contribution in [2.24, 2.45) is 0 Å². The largest absolute Gasteiger partial charge is 0.610 e. The van der Waals surface area contributed by atoms with Gasteiger partial charge in [0.1, 0.15) is 0 Å². The normalized spacial score (nSPS) is 13.6. The molecule has 0 N–H and O–H groups in total. The van der Waals surface area contributed by atoms with E-state index in [0.717, 1.165) is 13.4 Å². The fourth-order valence-electron chi connectivity index (χ4n) is 1.02. The average molecular weight is 281 g/mol. The molecule has 0 bridgehead atoms. The van der Waals surface area contributed by atoms with Gasteiger partial charge in [-0.05, 0) is 19.2 Å². The highest BCUT2D eigenvalue weighted by molar-refractivity contribution is 6.32. The van der Waals surface area contributed by atoms with Gasteiger partial charge in [-0.15, -0.1) is 0 Å². The molecule has 0 aliphatic heterocycles. The molecular formula is C11H8ClF3O3. The van der Waals surface area contributed by atoms with Crippen LogP contribution in [0.4, 0.5) is 13.2 Å². The third-order valence-electron chi connectivity index (χ3n) is 1.84. The van der Waals surface area contributed by atoms with Gasteiger partial charge in [0.25, 0.3) is 0 Å². The lowest BCUT2D eigenvalue weighted by atomic mass is 10.2. The third kappa shape index (κ3) is 3.66. The second kappa shape index (κ2) is 5.77. The SMILES string of the molecule is CO/C([O-])=C(/[O+]=Cc1ccccc1Cl)C(F)(F)F. The molecule has 0 aliphatic rings. The van der Waals surface area contributed by atoms with Gasteiger partial charge in [-0.25, -0.2) is 4.42 Å². The zero-order chi connectivity index (χ0) is 13.8. The molecule has 3 nitrogen and oxygen atoms in total. The minimum atomic E-state index is -4.94. The van der Waals surface area contributed by atoms with E-state index >= 15 is 0 Å². The average Bonchev–Trinajstić information content (AvgIpc) is 2.29. The highest BCUT2D eigenvalue weighted by Crippen LogP contribution is 2.27. The van der Waals surface area contributed by atoms with Crippen molar-refractivity contribution < 1.29 is 27.4 Å². The van der Waals surface area contributed by atoms with Crippen LogP contribution in [0.1, 0.15) is 9.99 Å². The van der Waals surface area contributed by atoms with Crippen LogP contribution in [0.5, 0.6) is 0 Å². The van der Waals surface area contributed by atoms with Crippen LogP contribution in [0.25, 0.3) is 0 Å². The Balaban J connectivity index is 3.11. The molecule has 1 aromatic rings. The molecule has 0 saturated carbocycles. The van der Waals surface area contributed by atoms with Gasteiger partial charge in [0.15, 0.2) is 5.95 Å². The molecule has 0 amide bonds. The number of allylic oxidation sites excluding steroid dienone is 1. The van der Waals surface area contributed by atoms with Crippen molar-refractivity contribution in [3.05, 3.63) is 46.6 Å². The predicted molar refractivity (Wildman–Crippen MR) is 56.9 cm³/mol. The second-order valence-electron chi connectivity index (χ2n) is 3.08. The van der Waals surface area contributed by atoms with Gasteiger partial charge in [0.05, 0.1) is 10.6 Å². The highest BCUT2D eigenvalue weighted by atomic mass is 35.5. The minimum absolute atomic E-state index is 0.198. The van der Waals surface area contributed by atoms with Gasteiger partial charge in [-0.1, -0.05) is 23.7 Å². The van der Waals surface area contributed by atoms with Gasteiger partial charge in [0, 0.05) is 0 Å². The van der Waals surface area contributed by atoms with Crippen molar-refractivity contribution in [1.82, 2.24) is 0 Å². The summed E-state index contributed by atoms with van der Waals surface area (Å²) in [6, 6.07) is 6.08. The van der Waals surface area contributed by atoms with Gasteiger partial charge < -0.3 is 9.84 Å². The van der Waals surface area contributed by atoms with E-state index in [4.69, 9.17) is 11.6 Å². The molecule has 0 radical (unpaired) electrons. The quantitative estimate of drug-likeness (QED) is 0.485. The standard InChI is InChI=1S/C11H8ClF3O3/c1-17-10(16)9(11(13,14)15)18-6-7-4-2-3-5-8(7)12/h2-6H,1H3/b10-9+. The molecule has 98 valence electrons.